The molecule has 0 spiro atoms. The standard InChI is InChI=1S/C13H19F3N2/c1-10-4-5-12(11(8-10)9-17-2)18(3)7-6-13(14,15)16/h4-5,8,17H,6-7,9H2,1-3H3. The summed E-state index contributed by atoms with van der Waals surface area (Å²) < 4.78 is 36.6. The van der Waals surface area contributed by atoms with E-state index in [0.29, 0.717) is 6.54 Å². The van der Waals surface area contributed by atoms with E-state index in [4.69, 9.17) is 0 Å². The van der Waals surface area contributed by atoms with Crippen molar-refractivity contribution in [2.75, 3.05) is 25.5 Å². The van der Waals surface area contributed by atoms with E-state index in [9.17, 15) is 13.2 Å². The average molecular weight is 260 g/mol. The maximum Gasteiger partial charge on any atom is 0.390 e. The zero-order chi connectivity index (χ0) is 13.8. The fourth-order valence-electron chi connectivity index (χ4n) is 1.83. The minimum Gasteiger partial charge on any atom is -0.374 e. The molecule has 1 aromatic rings. The molecule has 0 aliphatic rings. The topological polar surface area (TPSA) is 15.3 Å². The van der Waals surface area contributed by atoms with Gasteiger partial charge in [-0.05, 0) is 25.6 Å². The third-order valence-corrected chi connectivity index (χ3v) is 2.74. The van der Waals surface area contributed by atoms with E-state index < -0.39 is 12.6 Å². The first-order valence-corrected chi connectivity index (χ1v) is 5.85. The summed E-state index contributed by atoms with van der Waals surface area (Å²) in [6.45, 7) is 2.59. The molecule has 2 nitrogen and oxygen atoms in total. The summed E-state index contributed by atoms with van der Waals surface area (Å²) in [6, 6.07) is 5.78. The number of benzene rings is 1. The van der Waals surface area contributed by atoms with Gasteiger partial charge in [0, 0.05) is 25.8 Å². The van der Waals surface area contributed by atoms with E-state index in [-0.39, 0.29) is 6.54 Å². The van der Waals surface area contributed by atoms with Crippen LogP contribution in [0.2, 0.25) is 0 Å². The summed E-state index contributed by atoms with van der Waals surface area (Å²) in [4.78, 5) is 1.65. The molecule has 5 heteroatoms. The molecule has 0 saturated heterocycles. The van der Waals surface area contributed by atoms with Gasteiger partial charge in [0.25, 0.3) is 0 Å². The number of nitrogens with one attached hydrogen (secondary N) is 1. The zero-order valence-electron chi connectivity index (χ0n) is 10.9. The molecule has 0 bridgehead atoms. The molecule has 0 saturated carbocycles. The quantitative estimate of drug-likeness (QED) is 0.875. The fraction of sp³-hybridized carbons (Fsp3) is 0.538. The molecule has 102 valence electrons. The molecule has 1 aromatic carbocycles. The van der Waals surface area contributed by atoms with Crippen molar-refractivity contribution in [3.8, 4) is 0 Å². The van der Waals surface area contributed by atoms with Gasteiger partial charge in [-0.25, -0.2) is 0 Å². The van der Waals surface area contributed by atoms with Crippen molar-refractivity contribution in [3.63, 3.8) is 0 Å². The zero-order valence-corrected chi connectivity index (χ0v) is 10.9. The lowest BCUT2D eigenvalue weighted by atomic mass is 10.1. The second kappa shape index (κ2) is 6.09. The van der Waals surface area contributed by atoms with Crippen LogP contribution >= 0.6 is 0 Å². The summed E-state index contributed by atoms with van der Waals surface area (Å²) >= 11 is 0. The van der Waals surface area contributed by atoms with Gasteiger partial charge in [-0.1, -0.05) is 17.7 Å². The molecule has 0 aliphatic carbocycles. The second-order valence-electron chi connectivity index (χ2n) is 4.45. The van der Waals surface area contributed by atoms with Gasteiger partial charge in [0.05, 0.1) is 6.42 Å². The number of halogens is 3. The lowest BCUT2D eigenvalue weighted by Gasteiger charge is -2.23. The first kappa shape index (κ1) is 14.8. The van der Waals surface area contributed by atoms with E-state index in [0.717, 1.165) is 16.8 Å². The van der Waals surface area contributed by atoms with Crippen LogP contribution in [0.25, 0.3) is 0 Å². The monoisotopic (exact) mass is 260 g/mol. The van der Waals surface area contributed by atoms with Crippen LogP contribution in [0.4, 0.5) is 18.9 Å². The Morgan fingerprint density at radius 2 is 1.94 bits per heavy atom. The molecule has 0 unspecified atom stereocenters. The van der Waals surface area contributed by atoms with Crippen LogP contribution in [0, 0.1) is 6.92 Å². The number of nitrogens with zero attached hydrogens (tertiary/aromatic N) is 1. The predicted molar refractivity (Wildman–Crippen MR) is 67.9 cm³/mol. The van der Waals surface area contributed by atoms with E-state index in [1.807, 2.05) is 32.2 Å². The molecule has 0 radical (unpaired) electrons. The van der Waals surface area contributed by atoms with Crippen LogP contribution in [-0.2, 0) is 6.54 Å². The number of alkyl halides is 3. The Hall–Kier alpha value is -1.23. The van der Waals surface area contributed by atoms with Crippen LogP contribution in [-0.4, -0.2) is 26.8 Å². The molecule has 0 amide bonds. The van der Waals surface area contributed by atoms with E-state index in [2.05, 4.69) is 5.32 Å². The first-order valence-electron chi connectivity index (χ1n) is 5.85. The van der Waals surface area contributed by atoms with Gasteiger partial charge in [-0.2, -0.15) is 13.2 Å². The minimum atomic E-state index is -4.11. The SMILES string of the molecule is CNCc1cc(C)ccc1N(C)CCC(F)(F)F. The Kier molecular flexibility index (Phi) is 5.02. The van der Waals surface area contributed by atoms with Crippen LogP contribution in [0.5, 0.6) is 0 Å². The number of anilines is 1. The van der Waals surface area contributed by atoms with Gasteiger partial charge in [-0.3, -0.25) is 0 Å². The Bertz CT molecular complexity index is 388. The maximum atomic E-state index is 12.2. The van der Waals surface area contributed by atoms with Crippen LogP contribution in [0.1, 0.15) is 17.5 Å². The second-order valence-corrected chi connectivity index (χ2v) is 4.45. The first-order chi connectivity index (χ1) is 8.33. The Morgan fingerprint density at radius 1 is 1.28 bits per heavy atom. The normalized spacial score (nSPS) is 11.7. The third kappa shape index (κ3) is 4.56. The molecule has 0 aromatic heterocycles. The average Bonchev–Trinajstić information content (AvgIpc) is 2.25. The van der Waals surface area contributed by atoms with Crippen LogP contribution in [0.3, 0.4) is 0 Å². The van der Waals surface area contributed by atoms with Gasteiger partial charge >= 0.3 is 6.18 Å². The third-order valence-electron chi connectivity index (χ3n) is 2.74. The molecule has 0 atom stereocenters. The van der Waals surface area contributed by atoms with Crippen molar-refractivity contribution in [3.05, 3.63) is 29.3 Å². The molecule has 0 fully saturated rings. The van der Waals surface area contributed by atoms with E-state index >= 15 is 0 Å². The molecule has 0 heterocycles. The van der Waals surface area contributed by atoms with Gasteiger partial charge in [-0.15, -0.1) is 0 Å². The Labute approximate surface area is 106 Å². The highest BCUT2D eigenvalue weighted by atomic mass is 19.4. The molecular formula is C13H19F3N2. The van der Waals surface area contributed by atoms with Gasteiger partial charge in [0.1, 0.15) is 0 Å². The number of rotatable bonds is 5. The molecule has 0 aliphatic heterocycles. The molecule has 18 heavy (non-hydrogen) atoms. The summed E-state index contributed by atoms with van der Waals surface area (Å²) in [5, 5.41) is 3.03. The largest absolute Gasteiger partial charge is 0.390 e. The Balaban J connectivity index is 2.80. The number of hydrogen-bond acceptors (Lipinski definition) is 2. The molecular weight excluding hydrogens is 241 g/mol. The lowest BCUT2D eigenvalue weighted by Crippen LogP contribution is -2.25. The van der Waals surface area contributed by atoms with Crippen LogP contribution < -0.4 is 10.2 Å². The minimum absolute atomic E-state index is 0.0245. The van der Waals surface area contributed by atoms with E-state index in [1.54, 1.807) is 11.9 Å². The van der Waals surface area contributed by atoms with Crippen molar-refractivity contribution >= 4 is 5.69 Å². The summed E-state index contributed by atoms with van der Waals surface area (Å²) in [7, 11) is 3.51. The predicted octanol–water partition coefficient (Wildman–Crippen LogP) is 3.10. The van der Waals surface area contributed by atoms with Crippen LogP contribution in [0.15, 0.2) is 18.2 Å². The number of aryl methyl sites for hydroxylation is 1. The number of hydrogen-bond donors (Lipinski definition) is 1. The Morgan fingerprint density at radius 3 is 2.50 bits per heavy atom. The highest BCUT2D eigenvalue weighted by Gasteiger charge is 2.27. The smallest absolute Gasteiger partial charge is 0.374 e. The summed E-state index contributed by atoms with van der Waals surface area (Å²) in [6.07, 6.45) is -4.90. The van der Waals surface area contributed by atoms with Gasteiger partial charge in [0.2, 0.25) is 0 Å². The van der Waals surface area contributed by atoms with Gasteiger partial charge in [0.15, 0.2) is 0 Å². The molecule has 1 N–H and O–H groups in total. The summed E-state index contributed by atoms with van der Waals surface area (Å²) in [5.41, 5.74) is 2.97. The fourth-order valence-corrected chi connectivity index (χ4v) is 1.83. The maximum absolute atomic E-state index is 12.2. The highest BCUT2D eigenvalue weighted by Crippen LogP contribution is 2.24. The highest BCUT2D eigenvalue weighted by molar-refractivity contribution is 5.54. The van der Waals surface area contributed by atoms with E-state index in [1.165, 1.54) is 0 Å². The van der Waals surface area contributed by atoms with Crippen molar-refractivity contribution in [1.82, 2.24) is 5.32 Å². The van der Waals surface area contributed by atoms with Crippen molar-refractivity contribution in [2.45, 2.75) is 26.1 Å². The van der Waals surface area contributed by atoms with Crippen molar-refractivity contribution in [1.29, 1.82) is 0 Å². The molecule has 1 rings (SSSR count). The lowest BCUT2D eigenvalue weighted by molar-refractivity contribution is -0.132. The van der Waals surface area contributed by atoms with Crippen molar-refractivity contribution < 1.29 is 13.2 Å². The van der Waals surface area contributed by atoms with Gasteiger partial charge < -0.3 is 10.2 Å². The summed E-state index contributed by atoms with van der Waals surface area (Å²) in [5.74, 6) is 0. The van der Waals surface area contributed by atoms with Crippen molar-refractivity contribution in [2.24, 2.45) is 0 Å².